The van der Waals surface area contributed by atoms with Crippen LogP contribution in [0.4, 0.5) is 25.1 Å². The van der Waals surface area contributed by atoms with Crippen LogP contribution in [0.2, 0.25) is 5.28 Å². The van der Waals surface area contributed by atoms with Gasteiger partial charge in [-0.2, -0.15) is 28.1 Å². The Morgan fingerprint density at radius 1 is 1.25 bits per heavy atom. The predicted octanol–water partition coefficient (Wildman–Crippen LogP) is 1.86. The van der Waals surface area contributed by atoms with E-state index in [0.717, 1.165) is 0 Å². The Morgan fingerprint density at radius 2 is 1.94 bits per heavy atom. The molecule has 0 fully saturated rings. The molecule has 9 heteroatoms. The molecule has 0 atom stereocenters. The largest absolute Gasteiger partial charge is 0.389 e. The molecule has 3 N–H and O–H groups in total. The molecule has 1 heterocycles. The summed E-state index contributed by atoms with van der Waals surface area (Å²) < 4.78 is 35.4. The van der Waals surface area contributed by atoms with Gasteiger partial charge in [0.2, 0.25) is 17.2 Å². The Bertz CT molecular complexity index is 336. The zero-order valence-electron chi connectivity index (χ0n) is 8.05. The van der Waals surface area contributed by atoms with Gasteiger partial charge in [0.05, 0.1) is 0 Å². The lowest BCUT2D eigenvalue weighted by Crippen LogP contribution is -2.12. The van der Waals surface area contributed by atoms with E-state index in [0.29, 0.717) is 0 Å². The maximum atomic E-state index is 11.8. The number of hydrogen-bond donors (Lipinski definition) is 2. The minimum absolute atomic E-state index is 0.0691. The highest BCUT2D eigenvalue weighted by molar-refractivity contribution is 6.28. The lowest BCUT2D eigenvalue weighted by molar-refractivity contribution is -0.134. The van der Waals surface area contributed by atoms with Crippen molar-refractivity contribution in [1.29, 1.82) is 0 Å². The highest BCUT2D eigenvalue weighted by atomic mass is 35.5. The van der Waals surface area contributed by atoms with Gasteiger partial charge in [-0.05, 0) is 18.0 Å². The molecule has 0 saturated heterocycles. The molecule has 0 aliphatic carbocycles. The first-order valence-corrected chi connectivity index (χ1v) is 4.72. The quantitative estimate of drug-likeness (QED) is 0.803. The van der Waals surface area contributed by atoms with E-state index in [1.165, 1.54) is 0 Å². The van der Waals surface area contributed by atoms with Crippen LogP contribution < -0.4 is 11.1 Å². The summed E-state index contributed by atoms with van der Waals surface area (Å²) >= 11 is 5.47. The van der Waals surface area contributed by atoms with E-state index in [-0.39, 0.29) is 30.1 Å². The van der Waals surface area contributed by atoms with Crippen molar-refractivity contribution in [3.63, 3.8) is 0 Å². The van der Waals surface area contributed by atoms with Crippen LogP contribution in [0, 0.1) is 0 Å². The van der Waals surface area contributed by atoms with Crippen LogP contribution in [-0.4, -0.2) is 27.7 Å². The molecule has 16 heavy (non-hydrogen) atoms. The third-order valence-electron chi connectivity index (χ3n) is 1.55. The van der Waals surface area contributed by atoms with Gasteiger partial charge in [-0.25, -0.2) is 0 Å². The molecule has 0 bridgehead atoms. The molecule has 90 valence electrons. The van der Waals surface area contributed by atoms with Crippen molar-refractivity contribution in [1.82, 2.24) is 15.0 Å². The molecule has 0 saturated carbocycles. The minimum Gasteiger partial charge on any atom is -0.368 e. The van der Waals surface area contributed by atoms with E-state index in [1.54, 1.807) is 0 Å². The highest BCUT2D eigenvalue weighted by Crippen LogP contribution is 2.21. The van der Waals surface area contributed by atoms with Crippen LogP contribution in [0.3, 0.4) is 0 Å². The molecule has 1 rings (SSSR count). The van der Waals surface area contributed by atoms with Crippen LogP contribution in [0.15, 0.2) is 0 Å². The lowest BCUT2D eigenvalue weighted by Gasteiger charge is -2.07. The van der Waals surface area contributed by atoms with Crippen LogP contribution in [0.1, 0.15) is 12.8 Å². The van der Waals surface area contributed by atoms with Gasteiger partial charge < -0.3 is 11.1 Å². The average Bonchev–Trinajstić information content (AvgIpc) is 2.09. The maximum Gasteiger partial charge on any atom is 0.389 e. The summed E-state index contributed by atoms with van der Waals surface area (Å²) in [5.74, 6) is -0.0157. The average molecular weight is 256 g/mol. The topological polar surface area (TPSA) is 76.7 Å². The molecule has 0 radical (unpaired) electrons. The van der Waals surface area contributed by atoms with Crippen molar-refractivity contribution >= 4 is 23.5 Å². The van der Waals surface area contributed by atoms with E-state index in [1.807, 2.05) is 0 Å². The fourth-order valence-corrected chi connectivity index (χ4v) is 1.10. The minimum atomic E-state index is -4.16. The Labute approximate surface area is 94.2 Å². The monoisotopic (exact) mass is 255 g/mol. The predicted molar refractivity (Wildman–Crippen MR) is 53.0 cm³/mol. The molecule has 5 nitrogen and oxygen atoms in total. The zero-order chi connectivity index (χ0) is 12.2. The second kappa shape index (κ2) is 5.15. The number of anilines is 2. The van der Waals surface area contributed by atoms with E-state index < -0.39 is 12.6 Å². The summed E-state index contributed by atoms with van der Waals surface area (Å²) in [6.45, 7) is 0.0826. The van der Waals surface area contributed by atoms with Gasteiger partial charge in [0.1, 0.15) is 0 Å². The van der Waals surface area contributed by atoms with Crippen LogP contribution in [0.5, 0.6) is 0 Å². The maximum absolute atomic E-state index is 11.8. The first kappa shape index (κ1) is 12.8. The molecule has 0 aliphatic rings. The summed E-state index contributed by atoms with van der Waals surface area (Å²) in [6.07, 6.45) is -5.10. The van der Waals surface area contributed by atoms with Crippen molar-refractivity contribution in [3.05, 3.63) is 5.28 Å². The molecule has 0 spiro atoms. The second-order valence-corrected chi connectivity index (χ2v) is 3.27. The van der Waals surface area contributed by atoms with Gasteiger partial charge in [0.15, 0.2) is 0 Å². The highest BCUT2D eigenvalue weighted by Gasteiger charge is 2.25. The molecular formula is C7H9ClF3N5. The fourth-order valence-electron chi connectivity index (χ4n) is 0.933. The van der Waals surface area contributed by atoms with Gasteiger partial charge in [-0.15, -0.1) is 0 Å². The van der Waals surface area contributed by atoms with Gasteiger partial charge >= 0.3 is 6.18 Å². The first-order chi connectivity index (χ1) is 7.37. The first-order valence-electron chi connectivity index (χ1n) is 4.34. The van der Waals surface area contributed by atoms with Gasteiger partial charge in [0.25, 0.3) is 0 Å². The summed E-state index contributed by atoms with van der Waals surface area (Å²) in [6, 6.07) is 0. The third-order valence-corrected chi connectivity index (χ3v) is 1.71. The number of nitrogen functional groups attached to an aromatic ring is 1. The number of rotatable bonds is 4. The van der Waals surface area contributed by atoms with E-state index in [4.69, 9.17) is 17.3 Å². The van der Waals surface area contributed by atoms with E-state index >= 15 is 0 Å². The number of hydrogen-bond acceptors (Lipinski definition) is 5. The van der Waals surface area contributed by atoms with E-state index in [9.17, 15) is 13.2 Å². The SMILES string of the molecule is Nc1nc(Cl)nc(NCCCC(F)(F)F)n1. The van der Waals surface area contributed by atoms with E-state index in [2.05, 4.69) is 20.3 Å². The fraction of sp³-hybridized carbons (Fsp3) is 0.571. The number of alkyl halides is 3. The normalized spacial score (nSPS) is 11.5. The Morgan fingerprint density at radius 3 is 2.50 bits per heavy atom. The smallest absolute Gasteiger partial charge is 0.368 e. The van der Waals surface area contributed by atoms with Crippen molar-refractivity contribution in [2.75, 3.05) is 17.6 Å². The van der Waals surface area contributed by atoms with Crippen molar-refractivity contribution in [2.24, 2.45) is 0 Å². The number of halogens is 4. The number of nitrogens with one attached hydrogen (secondary N) is 1. The lowest BCUT2D eigenvalue weighted by atomic mass is 10.3. The van der Waals surface area contributed by atoms with Crippen molar-refractivity contribution in [2.45, 2.75) is 19.0 Å². The molecule has 0 aromatic carbocycles. The summed E-state index contributed by atoms with van der Waals surface area (Å²) in [5, 5.41) is 2.47. The molecule has 1 aromatic heterocycles. The standard InChI is InChI=1S/C7H9ClF3N5/c8-4-14-5(12)16-6(15-4)13-3-1-2-7(9,10)11/h1-3H2,(H3,12,13,14,15,16). The van der Waals surface area contributed by atoms with Gasteiger partial charge in [-0.3, -0.25) is 0 Å². The van der Waals surface area contributed by atoms with Crippen LogP contribution in [0.25, 0.3) is 0 Å². The molecular weight excluding hydrogens is 247 g/mol. The molecule has 0 aliphatic heterocycles. The zero-order valence-corrected chi connectivity index (χ0v) is 8.81. The van der Waals surface area contributed by atoms with Gasteiger partial charge in [0, 0.05) is 13.0 Å². The van der Waals surface area contributed by atoms with Crippen LogP contribution in [-0.2, 0) is 0 Å². The van der Waals surface area contributed by atoms with Crippen molar-refractivity contribution < 1.29 is 13.2 Å². The number of aromatic nitrogens is 3. The van der Waals surface area contributed by atoms with Gasteiger partial charge in [-0.1, -0.05) is 0 Å². The number of nitrogens with two attached hydrogens (primary N) is 1. The summed E-state index contributed by atoms with van der Waals surface area (Å²) in [4.78, 5) is 10.8. The Balaban J connectivity index is 2.37. The number of nitrogens with zero attached hydrogens (tertiary/aromatic N) is 3. The van der Waals surface area contributed by atoms with Crippen molar-refractivity contribution in [3.8, 4) is 0 Å². The third kappa shape index (κ3) is 4.96. The summed E-state index contributed by atoms with van der Waals surface area (Å²) in [5.41, 5.74) is 5.27. The Kier molecular flexibility index (Phi) is 4.11. The Hall–Kier alpha value is -1.31. The summed E-state index contributed by atoms with van der Waals surface area (Å²) in [7, 11) is 0. The molecule has 0 unspecified atom stereocenters. The van der Waals surface area contributed by atoms with Crippen LogP contribution >= 0.6 is 11.6 Å². The molecule has 0 amide bonds. The molecule has 1 aromatic rings. The second-order valence-electron chi connectivity index (χ2n) is 2.93.